The Morgan fingerprint density at radius 3 is 1.66 bits per heavy atom. The summed E-state index contributed by atoms with van der Waals surface area (Å²) in [6.07, 6.45) is 2.88. The van der Waals surface area contributed by atoms with E-state index in [9.17, 15) is 8.42 Å². The van der Waals surface area contributed by atoms with Crippen LogP contribution >= 0.6 is 0 Å². The predicted octanol–water partition coefficient (Wildman–Crippen LogP) is 9.11. The number of rotatable bonds is 10. The average Bonchev–Trinajstić information content (AvgIpc) is 2.94. The van der Waals surface area contributed by atoms with Crippen molar-refractivity contribution in [2.45, 2.75) is 81.6 Å². The third-order valence-corrected chi connectivity index (χ3v) is 9.65. The van der Waals surface area contributed by atoms with Crippen LogP contribution in [0.3, 0.4) is 0 Å². The maximum atomic E-state index is 13.3. The van der Waals surface area contributed by atoms with Crippen molar-refractivity contribution in [1.29, 1.82) is 0 Å². The van der Waals surface area contributed by atoms with Gasteiger partial charge in [0.2, 0.25) is 9.84 Å². The van der Waals surface area contributed by atoms with Crippen molar-refractivity contribution in [3.05, 3.63) is 90.5 Å². The van der Waals surface area contributed by atoms with E-state index in [2.05, 4.69) is 41.5 Å². The smallest absolute Gasteiger partial charge is 0.206 e. The van der Waals surface area contributed by atoms with E-state index in [1.165, 1.54) is 0 Å². The highest BCUT2D eigenvalue weighted by Crippen LogP contribution is 2.38. The molecule has 0 fully saturated rings. The first-order chi connectivity index (χ1) is 18.0. The highest BCUT2D eigenvalue weighted by atomic mass is 32.2. The highest BCUT2D eigenvalue weighted by Gasteiger charge is 2.24. The van der Waals surface area contributed by atoms with E-state index < -0.39 is 9.84 Å². The third kappa shape index (κ3) is 5.58. The molecule has 38 heavy (non-hydrogen) atoms. The van der Waals surface area contributed by atoms with Crippen LogP contribution in [0.4, 0.5) is 0 Å². The fourth-order valence-corrected chi connectivity index (χ4v) is 5.70. The van der Waals surface area contributed by atoms with E-state index in [0.29, 0.717) is 16.4 Å². The Bertz CT molecular complexity index is 1500. The van der Waals surface area contributed by atoms with Crippen molar-refractivity contribution in [2.24, 2.45) is 0 Å². The first-order valence-corrected chi connectivity index (χ1v) is 14.9. The lowest BCUT2D eigenvalue weighted by Crippen LogP contribution is -2.26. The van der Waals surface area contributed by atoms with Crippen LogP contribution < -0.4 is 9.47 Å². The summed E-state index contributed by atoms with van der Waals surface area (Å²) < 4.78 is 39.1. The molecular formula is C33H38O4S. The van der Waals surface area contributed by atoms with Crippen molar-refractivity contribution in [3.63, 3.8) is 0 Å². The number of ether oxygens (including phenoxy) is 2. The predicted molar refractivity (Wildman–Crippen MR) is 155 cm³/mol. The van der Waals surface area contributed by atoms with Gasteiger partial charge in [-0.2, -0.15) is 0 Å². The number of fused-ring (bicyclic) bond motifs is 1. The molecule has 0 bridgehead atoms. The van der Waals surface area contributed by atoms with Gasteiger partial charge in [-0.1, -0.05) is 64.1 Å². The summed E-state index contributed by atoms with van der Waals surface area (Å²) in [5.41, 5.74) is 0.924. The molecule has 4 aromatic rings. The lowest BCUT2D eigenvalue weighted by atomic mass is 9.78. The first kappa shape index (κ1) is 27.7. The molecule has 4 rings (SSSR count). The van der Waals surface area contributed by atoms with Crippen molar-refractivity contribution >= 4 is 20.6 Å². The van der Waals surface area contributed by atoms with Gasteiger partial charge in [0.1, 0.15) is 22.8 Å². The van der Waals surface area contributed by atoms with Gasteiger partial charge < -0.3 is 9.47 Å². The molecule has 4 aromatic carbocycles. The van der Waals surface area contributed by atoms with Crippen molar-refractivity contribution in [2.75, 3.05) is 0 Å². The van der Waals surface area contributed by atoms with Crippen LogP contribution in [0.15, 0.2) is 94.7 Å². The normalized spacial score (nSPS) is 12.5. The van der Waals surface area contributed by atoms with Gasteiger partial charge in [-0.15, -0.1) is 0 Å². The van der Waals surface area contributed by atoms with E-state index in [4.69, 9.17) is 9.47 Å². The molecule has 0 heterocycles. The number of hydrogen-bond donors (Lipinski definition) is 0. The van der Waals surface area contributed by atoms with Gasteiger partial charge in [-0.25, -0.2) is 8.42 Å². The van der Waals surface area contributed by atoms with Crippen molar-refractivity contribution in [3.8, 4) is 17.2 Å². The summed E-state index contributed by atoms with van der Waals surface area (Å²) in [4.78, 5) is 0.530. The van der Waals surface area contributed by atoms with E-state index >= 15 is 0 Å². The topological polar surface area (TPSA) is 52.6 Å². The minimum Gasteiger partial charge on any atom is -0.487 e. The van der Waals surface area contributed by atoms with Gasteiger partial charge in [0.05, 0.1) is 9.79 Å². The molecule has 0 unspecified atom stereocenters. The fraction of sp³-hybridized carbons (Fsp3) is 0.333. The van der Waals surface area contributed by atoms with E-state index in [1.54, 1.807) is 36.4 Å². The number of benzene rings is 4. The number of hydrogen-bond acceptors (Lipinski definition) is 4. The Morgan fingerprint density at radius 1 is 0.632 bits per heavy atom. The second-order valence-electron chi connectivity index (χ2n) is 10.7. The molecule has 0 aliphatic rings. The second-order valence-corrected chi connectivity index (χ2v) is 12.6. The minimum absolute atomic E-state index is 0.0436. The first-order valence-electron chi connectivity index (χ1n) is 13.4. The van der Waals surface area contributed by atoms with Crippen LogP contribution in [0.2, 0.25) is 0 Å². The molecule has 5 heteroatoms. The molecule has 0 amide bonds. The monoisotopic (exact) mass is 530 g/mol. The SMILES string of the molecule is CCC(C)(C)Oc1ccc(Oc2ccc(S(=O)(=O)c3ccc(C(C)(CC)CC)cc3)cc2)c2ccccc12. The van der Waals surface area contributed by atoms with Crippen molar-refractivity contribution in [1.82, 2.24) is 0 Å². The van der Waals surface area contributed by atoms with Gasteiger partial charge in [-0.3, -0.25) is 0 Å². The zero-order chi connectivity index (χ0) is 27.6. The zero-order valence-corrected chi connectivity index (χ0v) is 24.1. The summed E-state index contributed by atoms with van der Waals surface area (Å²) in [7, 11) is -3.64. The van der Waals surface area contributed by atoms with Crippen LogP contribution in [0, 0.1) is 0 Å². The van der Waals surface area contributed by atoms with Crippen LogP contribution in [0.1, 0.15) is 66.4 Å². The fourth-order valence-electron chi connectivity index (χ4n) is 4.44. The van der Waals surface area contributed by atoms with E-state index in [1.807, 2.05) is 48.5 Å². The molecule has 0 N–H and O–H groups in total. The average molecular weight is 531 g/mol. The lowest BCUT2D eigenvalue weighted by Gasteiger charge is -2.27. The lowest BCUT2D eigenvalue weighted by molar-refractivity contribution is 0.107. The molecule has 0 aliphatic heterocycles. The van der Waals surface area contributed by atoms with Gasteiger partial charge in [0.15, 0.2) is 0 Å². The zero-order valence-electron chi connectivity index (χ0n) is 23.2. The second kappa shape index (κ2) is 10.8. The van der Waals surface area contributed by atoms with Gasteiger partial charge in [0.25, 0.3) is 0 Å². The molecule has 0 saturated carbocycles. The van der Waals surface area contributed by atoms with Crippen LogP contribution in [-0.4, -0.2) is 14.0 Å². The highest BCUT2D eigenvalue weighted by molar-refractivity contribution is 7.91. The molecule has 0 radical (unpaired) electrons. The molecule has 0 aliphatic carbocycles. The Kier molecular flexibility index (Phi) is 7.89. The number of sulfone groups is 1. The van der Waals surface area contributed by atoms with Gasteiger partial charge in [-0.05, 0) is 92.6 Å². The van der Waals surface area contributed by atoms with Crippen LogP contribution in [0.5, 0.6) is 17.2 Å². The summed E-state index contributed by atoms with van der Waals surface area (Å²) in [6.45, 7) is 12.8. The molecule has 0 atom stereocenters. The quantitative estimate of drug-likeness (QED) is 0.205. The minimum atomic E-state index is -3.64. The summed E-state index contributed by atoms with van der Waals surface area (Å²) in [6, 6.07) is 25.7. The van der Waals surface area contributed by atoms with Gasteiger partial charge >= 0.3 is 0 Å². The Balaban J connectivity index is 1.58. The maximum Gasteiger partial charge on any atom is 0.206 e. The molecular weight excluding hydrogens is 492 g/mol. The largest absolute Gasteiger partial charge is 0.487 e. The summed E-state index contributed by atoms with van der Waals surface area (Å²) >= 11 is 0. The van der Waals surface area contributed by atoms with Crippen LogP contribution in [-0.2, 0) is 15.3 Å². The summed E-state index contributed by atoms with van der Waals surface area (Å²) in [5.74, 6) is 2.06. The van der Waals surface area contributed by atoms with E-state index in [0.717, 1.165) is 41.3 Å². The maximum absolute atomic E-state index is 13.3. The summed E-state index contributed by atoms with van der Waals surface area (Å²) in [5, 5.41) is 1.90. The van der Waals surface area contributed by atoms with Gasteiger partial charge in [0, 0.05) is 10.8 Å². The standard InChI is InChI=1S/C33H38O4S/c1-7-32(4,5)37-31-23-22-30(28-12-10-11-13-29(28)31)36-25-16-20-27(21-17-25)38(34,35)26-18-14-24(15-19-26)33(6,8-2)9-3/h10-23H,7-9H2,1-6H3. The molecule has 0 saturated heterocycles. The Labute approximate surface area is 227 Å². The van der Waals surface area contributed by atoms with Crippen LogP contribution in [0.25, 0.3) is 10.8 Å². The molecule has 0 spiro atoms. The third-order valence-electron chi connectivity index (χ3n) is 7.87. The Morgan fingerprint density at radius 2 is 1.13 bits per heavy atom. The molecule has 0 aromatic heterocycles. The van der Waals surface area contributed by atoms with Crippen molar-refractivity contribution < 1.29 is 17.9 Å². The molecule has 4 nitrogen and oxygen atoms in total. The van der Waals surface area contributed by atoms with E-state index in [-0.39, 0.29) is 15.9 Å². The molecule has 200 valence electrons. The Hall–Kier alpha value is -3.31.